The zero-order chi connectivity index (χ0) is 11.1. The molecule has 1 aromatic rings. The van der Waals surface area contributed by atoms with Crippen LogP contribution in [0.2, 0.25) is 0 Å². The fourth-order valence-electron chi connectivity index (χ4n) is 1.82. The van der Waals surface area contributed by atoms with Crippen LogP contribution in [0.1, 0.15) is 18.4 Å². The van der Waals surface area contributed by atoms with Crippen LogP contribution in [0.15, 0.2) is 18.2 Å². The van der Waals surface area contributed by atoms with Crippen LogP contribution in [0.25, 0.3) is 0 Å². The Kier molecular flexibility index (Phi) is 2.46. The quantitative estimate of drug-likeness (QED) is 0.823. The minimum absolute atomic E-state index is 0.145. The average Bonchev–Trinajstić information content (AvgIpc) is 3.04. The van der Waals surface area contributed by atoms with Crippen molar-refractivity contribution in [3.8, 4) is 0 Å². The summed E-state index contributed by atoms with van der Waals surface area (Å²) in [6.07, 6.45) is 1.51. The van der Waals surface area contributed by atoms with Gasteiger partial charge in [-0.05, 0) is 36.5 Å². The molecular formula is C11H12F3N. The summed E-state index contributed by atoms with van der Waals surface area (Å²) in [6.45, 7) is -0.192. The van der Waals surface area contributed by atoms with Gasteiger partial charge in [0.1, 0.15) is 0 Å². The van der Waals surface area contributed by atoms with E-state index in [1.807, 2.05) is 0 Å². The molecular weight excluding hydrogens is 203 g/mol. The SMILES string of the molecule is NCC(F)(c1ccc(F)c(F)c1)C1CC1. The molecule has 0 radical (unpaired) electrons. The molecule has 2 rings (SSSR count). The Labute approximate surface area is 86.1 Å². The molecule has 0 bridgehead atoms. The molecule has 0 aliphatic heterocycles. The fraction of sp³-hybridized carbons (Fsp3) is 0.455. The van der Waals surface area contributed by atoms with Crippen molar-refractivity contribution in [3.63, 3.8) is 0 Å². The molecule has 0 heterocycles. The van der Waals surface area contributed by atoms with E-state index in [1.165, 1.54) is 6.07 Å². The summed E-state index contributed by atoms with van der Waals surface area (Å²) >= 11 is 0. The van der Waals surface area contributed by atoms with E-state index in [-0.39, 0.29) is 18.0 Å². The van der Waals surface area contributed by atoms with Gasteiger partial charge < -0.3 is 5.73 Å². The van der Waals surface area contributed by atoms with Crippen molar-refractivity contribution in [3.05, 3.63) is 35.4 Å². The summed E-state index contributed by atoms with van der Waals surface area (Å²) in [6, 6.07) is 3.11. The summed E-state index contributed by atoms with van der Waals surface area (Å²) in [5.41, 5.74) is 3.82. The highest BCUT2D eigenvalue weighted by molar-refractivity contribution is 5.27. The van der Waals surface area contributed by atoms with Crippen molar-refractivity contribution in [1.82, 2.24) is 0 Å². The van der Waals surface area contributed by atoms with Crippen LogP contribution in [0.3, 0.4) is 0 Å². The molecule has 4 heteroatoms. The maximum absolute atomic E-state index is 14.3. The zero-order valence-electron chi connectivity index (χ0n) is 8.14. The lowest BCUT2D eigenvalue weighted by Crippen LogP contribution is -2.32. The third kappa shape index (κ3) is 1.74. The molecule has 82 valence electrons. The summed E-state index contributed by atoms with van der Waals surface area (Å²) < 4.78 is 40.0. The van der Waals surface area contributed by atoms with Crippen molar-refractivity contribution < 1.29 is 13.2 Å². The third-order valence-corrected chi connectivity index (χ3v) is 2.92. The van der Waals surface area contributed by atoms with Crippen molar-refractivity contribution >= 4 is 0 Å². The van der Waals surface area contributed by atoms with Gasteiger partial charge in [0, 0.05) is 6.54 Å². The number of nitrogens with two attached hydrogens (primary N) is 1. The molecule has 0 amide bonds. The highest BCUT2D eigenvalue weighted by Crippen LogP contribution is 2.48. The topological polar surface area (TPSA) is 26.0 Å². The van der Waals surface area contributed by atoms with Crippen molar-refractivity contribution in [2.24, 2.45) is 11.7 Å². The van der Waals surface area contributed by atoms with E-state index in [9.17, 15) is 13.2 Å². The van der Waals surface area contributed by atoms with E-state index in [0.29, 0.717) is 0 Å². The van der Waals surface area contributed by atoms with Gasteiger partial charge in [-0.15, -0.1) is 0 Å². The summed E-state index contributed by atoms with van der Waals surface area (Å²) in [7, 11) is 0. The summed E-state index contributed by atoms with van der Waals surface area (Å²) in [5.74, 6) is -2.13. The van der Waals surface area contributed by atoms with Crippen molar-refractivity contribution in [2.75, 3.05) is 6.54 Å². The number of benzene rings is 1. The van der Waals surface area contributed by atoms with Gasteiger partial charge in [-0.1, -0.05) is 6.07 Å². The lowest BCUT2D eigenvalue weighted by Gasteiger charge is -2.23. The Morgan fingerprint density at radius 2 is 1.93 bits per heavy atom. The highest BCUT2D eigenvalue weighted by atomic mass is 19.2. The van der Waals surface area contributed by atoms with Crippen LogP contribution in [0.5, 0.6) is 0 Å². The number of hydrogen-bond acceptors (Lipinski definition) is 1. The monoisotopic (exact) mass is 215 g/mol. The molecule has 1 aromatic carbocycles. The predicted octanol–water partition coefficient (Wildman–Crippen LogP) is 2.50. The summed E-state index contributed by atoms with van der Waals surface area (Å²) in [4.78, 5) is 0. The van der Waals surface area contributed by atoms with E-state index in [2.05, 4.69) is 0 Å². The minimum atomic E-state index is -1.70. The third-order valence-electron chi connectivity index (χ3n) is 2.92. The maximum atomic E-state index is 14.3. The first-order valence-corrected chi connectivity index (χ1v) is 4.92. The molecule has 0 spiro atoms. The van der Waals surface area contributed by atoms with E-state index in [4.69, 9.17) is 5.73 Å². The standard InChI is InChI=1S/C11H12F3N/c12-9-4-3-8(5-10(9)13)11(14,6-15)7-1-2-7/h3-5,7H,1-2,6,15H2. The summed E-state index contributed by atoms with van der Waals surface area (Å²) in [5, 5.41) is 0. The van der Waals surface area contributed by atoms with Crippen molar-refractivity contribution in [2.45, 2.75) is 18.5 Å². The Morgan fingerprint density at radius 3 is 2.40 bits per heavy atom. The zero-order valence-corrected chi connectivity index (χ0v) is 8.14. The fourth-order valence-corrected chi connectivity index (χ4v) is 1.82. The molecule has 1 saturated carbocycles. The van der Waals surface area contributed by atoms with Gasteiger partial charge in [0.2, 0.25) is 0 Å². The molecule has 1 atom stereocenters. The van der Waals surface area contributed by atoms with E-state index < -0.39 is 17.3 Å². The first kappa shape index (κ1) is 10.5. The lowest BCUT2D eigenvalue weighted by atomic mass is 9.91. The highest BCUT2D eigenvalue weighted by Gasteiger charge is 2.46. The maximum Gasteiger partial charge on any atom is 0.159 e. The first-order valence-electron chi connectivity index (χ1n) is 4.92. The number of hydrogen-bond donors (Lipinski definition) is 1. The smallest absolute Gasteiger partial charge is 0.159 e. The number of halogens is 3. The second-order valence-electron chi connectivity index (χ2n) is 3.97. The Hall–Kier alpha value is -1.03. The molecule has 0 saturated heterocycles. The van der Waals surface area contributed by atoms with Crippen molar-refractivity contribution in [1.29, 1.82) is 0 Å². The van der Waals surface area contributed by atoms with Crippen LogP contribution in [-0.2, 0) is 5.67 Å². The van der Waals surface area contributed by atoms with Crippen LogP contribution >= 0.6 is 0 Å². The Morgan fingerprint density at radius 1 is 1.27 bits per heavy atom. The molecule has 1 aliphatic rings. The Bertz CT molecular complexity index is 376. The largest absolute Gasteiger partial charge is 0.327 e. The molecule has 1 unspecified atom stereocenters. The van der Waals surface area contributed by atoms with Gasteiger partial charge in [0.15, 0.2) is 17.3 Å². The van der Waals surface area contributed by atoms with E-state index in [0.717, 1.165) is 25.0 Å². The van der Waals surface area contributed by atoms with E-state index >= 15 is 0 Å². The van der Waals surface area contributed by atoms with Gasteiger partial charge >= 0.3 is 0 Å². The van der Waals surface area contributed by atoms with Gasteiger partial charge in [-0.3, -0.25) is 0 Å². The minimum Gasteiger partial charge on any atom is -0.327 e. The van der Waals surface area contributed by atoms with Gasteiger partial charge in [0.25, 0.3) is 0 Å². The van der Waals surface area contributed by atoms with Crippen LogP contribution in [-0.4, -0.2) is 6.54 Å². The number of alkyl halides is 1. The normalized spacial score (nSPS) is 20.0. The van der Waals surface area contributed by atoms with Gasteiger partial charge in [0.05, 0.1) is 0 Å². The molecule has 1 fully saturated rings. The van der Waals surface area contributed by atoms with Crippen LogP contribution < -0.4 is 5.73 Å². The van der Waals surface area contributed by atoms with Crippen LogP contribution in [0, 0.1) is 17.6 Å². The van der Waals surface area contributed by atoms with Gasteiger partial charge in [-0.2, -0.15) is 0 Å². The second kappa shape index (κ2) is 3.52. The second-order valence-corrected chi connectivity index (χ2v) is 3.97. The predicted molar refractivity (Wildman–Crippen MR) is 50.9 cm³/mol. The lowest BCUT2D eigenvalue weighted by molar-refractivity contribution is 0.142. The van der Waals surface area contributed by atoms with Gasteiger partial charge in [-0.25, -0.2) is 13.2 Å². The first-order chi connectivity index (χ1) is 7.08. The average molecular weight is 215 g/mol. The molecule has 1 nitrogen and oxygen atoms in total. The molecule has 2 N–H and O–H groups in total. The molecule has 0 aromatic heterocycles. The molecule has 15 heavy (non-hydrogen) atoms. The van der Waals surface area contributed by atoms with Crippen LogP contribution in [0.4, 0.5) is 13.2 Å². The molecule has 1 aliphatic carbocycles. The van der Waals surface area contributed by atoms with E-state index in [1.54, 1.807) is 0 Å². The Balaban J connectivity index is 2.38. The number of rotatable bonds is 3.